The molecule has 0 saturated carbocycles. The quantitative estimate of drug-likeness (QED) is 0.801. The summed E-state index contributed by atoms with van der Waals surface area (Å²) in [5.74, 6) is -0.317. The van der Waals surface area contributed by atoms with Crippen molar-refractivity contribution in [3.05, 3.63) is 17.5 Å². The Labute approximate surface area is 108 Å². The number of carboxylic acids is 1. The van der Waals surface area contributed by atoms with Crippen molar-refractivity contribution in [2.24, 2.45) is 0 Å². The number of carbonyl (C=O) groups is 1. The molecular weight excluding hydrogens is 230 g/mol. The largest absolute Gasteiger partial charge is 0.480 e. The highest BCUT2D eigenvalue weighted by Gasteiger charge is 2.14. The first-order valence-electron chi connectivity index (χ1n) is 6.44. The lowest BCUT2D eigenvalue weighted by molar-refractivity contribution is -0.135. The van der Waals surface area contributed by atoms with Gasteiger partial charge in [0, 0.05) is 17.9 Å². The van der Waals surface area contributed by atoms with Crippen LogP contribution in [0.15, 0.2) is 6.07 Å². The molecule has 0 aliphatic heterocycles. The van der Waals surface area contributed by atoms with Crippen LogP contribution in [0.25, 0.3) is 0 Å². The number of aliphatic carboxylic acids is 1. The van der Waals surface area contributed by atoms with Crippen LogP contribution >= 0.6 is 0 Å². The zero-order valence-corrected chi connectivity index (χ0v) is 11.3. The third kappa shape index (κ3) is 3.98. The van der Waals surface area contributed by atoms with Gasteiger partial charge in [-0.15, -0.1) is 0 Å². The summed E-state index contributed by atoms with van der Waals surface area (Å²) in [6.45, 7) is 6.69. The summed E-state index contributed by atoms with van der Waals surface area (Å²) in [6, 6.07) is 1.98. The highest BCUT2D eigenvalue weighted by atomic mass is 16.4. The number of anilines is 1. The molecule has 0 radical (unpaired) electrons. The lowest BCUT2D eigenvalue weighted by atomic mass is 10.2. The van der Waals surface area contributed by atoms with Gasteiger partial charge in [0.05, 0.1) is 0 Å². The number of aryl methyl sites for hydroxylation is 2. The van der Waals surface area contributed by atoms with Crippen molar-refractivity contribution in [3.63, 3.8) is 0 Å². The first kappa shape index (κ1) is 14.4. The second-order valence-corrected chi connectivity index (χ2v) is 4.17. The Morgan fingerprint density at radius 2 is 1.78 bits per heavy atom. The van der Waals surface area contributed by atoms with Gasteiger partial charge in [-0.2, -0.15) is 0 Å². The number of nitrogens with zero attached hydrogens (tertiary/aromatic N) is 3. The second-order valence-electron chi connectivity index (χ2n) is 4.17. The van der Waals surface area contributed by atoms with Crippen molar-refractivity contribution in [1.82, 2.24) is 9.97 Å². The summed E-state index contributed by atoms with van der Waals surface area (Å²) < 4.78 is 0. The smallest absolute Gasteiger partial charge is 0.323 e. The van der Waals surface area contributed by atoms with E-state index in [-0.39, 0.29) is 6.54 Å². The Hall–Kier alpha value is -1.65. The van der Waals surface area contributed by atoms with Gasteiger partial charge in [0.15, 0.2) is 0 Å². The zero-order chi connectivity index (χ0) is 13.5. The maximum Gasteiger partial charge on any atom is 0.323 e. The van der Waals surface area contributed by atoms with Crippen LogP contribution in [0.1, 0.15) is 38.6 Å². The topological polar surface area (TPSA) is 66.3 Å². The van der Waals surface area contributed by atoms with Crippen LogP contribution in [0.4, 0.5) is 5.95 Å². The van der Waals surface area contributed by atoms with Crippen molar-refractivity contribution in [3.8, 4) is 0 Å². The Morgan fingerprint density at radius 3 is 2.17 bits per heavy atom. The average molecular weight is 251 g/mol. The second kappa shape index (κ2) is 6.93. The highest BCUT2D eigenvalue weighted by Crippen LogP contribution is 2.12. The van der Waals surface area contributed by atoms with E-state index in [1.165, 1.54) is 0 Å². The number of hydrogen-bond donors (Lipinski definition) is 1. The summed E-state index contributed by atoms with van der Waals surface area (Å²) in [7, 11) is 0. The summed E-state index contributed by atoms with van der Waals surface area (Å²) in [6.07, 6.45) is 2.53. The van der Waals surface area contributed by atoms with E-state index >= 15 is 0 Å². The van der Waals surface area contributed by atoms with Crippen molar-refractivity contribution in [2.75, 3.05) is 18.0 Å². The third-order valence-electron chi connectivity index (χ3n) is 2.65. The van der Waals surface area contributed by atoms with Gasteiger partial charge >= 0.3 is 5.97 Å². The predicted molar refractivity (Wildman–Crippen MR) is 70.9 cm³/mol. The molecule has 1 rings (SSSR count). The van der Waals surface area contributed by atoms with Gasteiger partial charge in [-0.05, 0) is 25.3 Å². The molecule has 1 aromatic rings. The lowest BCUT2D eigenvalue weighted by Crippen LogP contribution is -2.32. The van der Waals surface area contributed by atoms with Gasteiger partial charge in [-0.25, -0.2) is 9.97 Å². The maximum absolute atomic E-state index is 10.9. The van der Waals surface area contributed by atoms with Gasteiger partial charge in [-0.1, -0.05) is 20.8 Å². The fourth-order valence-electron chi connectivity index (χ4n) is 1.73. The molecule has 1 heterocycles. The van der Waals surface area contributed by atoms with Crippen LogP contribution in [0, 0.1) is 0 Å². The molecule has 0 spiro atoms. The first-order chi connectivity index (χ1) is 8.60. The van der Waals surface area contributed by atoms with Gasteiger partial charge < -0.3 is 10.0 Å². The summed E-state index contributed by atoms with van der Waals surface area (Å²) >= 11 is 0. The Morgan fingerprint density at radius 1 is 1.22 bits per heavy atom. The van der Waals surface area contributed by atoms with Crippen LogP contribution < -0.4 is 4.90 Å². The van der Waals surface area contributed by atoms with Gasteiger partial charge in [0.2, 0.25) is 5.95 Å². The molecule has 0 bridgehead atoms. The standard InChI is InChI=1S/C13H21N3O2/c1-4-7-16(9-12(17)18)13-14-10(5-2)8-11(6-3)15-13/h8H,4-7,9H2,1-3H3,(H,17,18). The third-order valence-corrected chi connectivity index (χ3v) is 2.65. The monoisotopic (exact) mass is 251 g/mol. The van der Waals surface area contributed by atoms with Crippen molar-refractivity contribution in [1.29, 1.82) is 0 Å². The Kier molecular flexibility index (Phi) is 5.55. The molecule has 0 aliphatic rings. The molecule has 1 N–H and O–H groups in total. The number of aromatic nitrogens is 2. The molecule has 0 aromatic carbocycles. The average Bonchev–Trinajstić information content (AvgIpc) is 2.37. The normalized spacial score (nSPS) is 10.4. The Balaban J connectivity index is 3.05. The lowest BCUT2D eigenvalue weighted by Gasteiger charge is -2.20. The van der Waals surface area contributed by atoms with Crippen LogP contribution in [0.2, 0.25) is 0 Å². The molecule has 100 valence electrons. The summed E-state index contributed by atoms with van der Waals surface area (Å²) in [4.78, 5) is 21.4. The summed E-state index contributed by atoms with van der Waals surface area (Å²) in [5.41, 5.74) is 1.92. The van der Waals surface area contributed by atoms with Crippen molar-refractivity contribution < 1.29 is 9.90 Å². The Bertz CT molecular complexity index is 385. The molecular formula is C13H21N3O2. The molecule has 0 saturated heterocycles. The fourth-order valence-corrected chi connectivity index (χ4v) is 1.73. The van der Waals surface area contributed by atoms with E-state index in [2.05, 4.69) is 9.97 Å². The number of rotatable bonds is 7. The number of hydrogen-bond acceptors (Lipinski definition) is 4. The van der Waals surface area contributed by atoms with E-state index in [1.54, 1.807) is 4.90 Å². The van der Waals surface area contributed by atoms with Gasteiger partial charge in [0.25, 0.3) is 0 Å². The van der Waals surface area contributed by atoms with E-state index in [0.717, 1.165) is 30.7 Å². The van der Waals surface area contributed by atoms with E-state index < -0.39 is 5.97 Å². The predicted octanol–water partition coefficient (Wildman–Crippen LogP) is 1.90. The SMILES string of the molecule is CCCN(CC(=O)O)c1nc(CC)cc(CC)n1. The van der Waals surface area contributed by atoms with Crippen molar-refractivity contribution >= 4 is 11.9 Å². The molecule has 18 heavy (non-hydrogen) atoms. The summed E-state index contributed by atoms with van der Waals surface area (Å²) in [5, 5.41) is 8.93. The highest BCUT2D eigenvalue weighted by molar-refractivity contribution is 5.72. The molecule has 1 aromatic heterocycles. The molecule has 5 nitrogen and oxygen atoms in total. The molecule has 0 atom stereocenters. The molecule has 5 heteroatoms. The minimum Gasteiger partial charge on any atom is -0.480 e. The molecule has 0 amide bonds. The minimum absolute atomic E-state index is 0.0514. The van der Waals surface area contributed by atoms with Crippen LogP contribution in [-0.4, -0.2) is 34.1 Å². The van der Waals surface area contributed by atoms with E-state index in [1.807, 2.05) is 26.8 Å². The van der Waals surface area contributed by atoms with Crippen LogP contribution in [0.5, 0.6) is 0 Å². The van der Waals surface area contributed by atoms with E-state index in [0.29, 0.717) is 12.5 Å². The number of carboxylic acid groups (broad SMARTS) is 1. The minimum atomic E-state index is -0.855. The van der Waals surface area contributed by atoms with Crippen LogP contribution in [-0.2, 0) is 17.6 Å². The first-order valence-corrected chi connectivity index (χ1v) is 6.44. The maximum atomic E-state index is 10.9. The van der Waals surface area contributed by atoms with E-state index in [9.17, 15) is 4.79 Å². The van der Waals surface area contributed by atoms with Gasteiger partial charge in [0.1, 0.15) is 6.54 Å². The molecule has 0 fully saturated rings. The van der Waals surface area contributed by atoms with E-state index in [4.69, 9.17) is 5.11 Å². The van der Waals surface area contributed by atoms with Crippen LogP contribution in [0.3, 0.4) is 0 Å². The molecule has 0 aliphatic carbocycles. The van der Waals surface area contributed by atoms with Crippen molar-refractivity contribution in [2.45, 2.75) is 40.0 Å². The molecule has 0 unspecified atom stereocenters. The van der Waals surface area contributed by atoms with Gasteiger partial charge in [-0.3, -0.25) is 4.79 Å². The zero-order valence-electron chi connectivity index (χ0n) is 11.3. The fraction of sp³-hybridized carbons (Fsp3) is 0.615.